The van der Waals surface area contributed by atoms with Gasteiger partial charge in [0.25, 0.3) is 0 Å². The summed E-state index contributed by atoms with van der Waals surface area (Å²) in [5, 5.41) is 8.85. The van der Waals surface area contributed by atoms with Crippen LogP contribution in [-0.4, -0.2) is 18.2 Å². The molecular weight excluding hydrogens is 328 g/mol. The van der Waals surface area contributed by atoms with Crippen molar-refractivity contribution in [1.82, 2.24) is 0 Å². The number of hydrogen-bond acceptors (Lipinski definition) is 3. The van der Waals surface area contributed by atoms with E-state index in [0.717, 1.165) is 10.6 Å². The molecule has 130 valence electrons. The van der Waals surface area contributed by atoms with Crippen molar-refractivity contribution >= 4 is 23.4 Å². The van der Waals surface area contributed by atoms with Gasteiger partial charge in [0.1, 0.15) is 0 Å². The highest BCUT2D eigenvalue weighted by Gasteiger charge is 2.16. The first-order chi connectivity index (χ1) is 11.9. The zero-order chi connectivity index (χ0) is 18.3. The predicted molar refractivity (Wildman–Crippen MR) is 105 cm³/mol. The van der Waals surface area contributed by atoms with E-state index < -0.39 is 0 Å². The van der Waals surface area contributed by atoms with E-state index in [9.17, 15) is 4.79 Å². The van der Waals surface area contributed by atoms with Crippen LogP contribution in [0.15, 0.2) is 59.5 Å². The van der Waals surface area contributed by atoms with Crippen LogP contribution in [0.25, 0.3) is 0 Å². The zero-order valence-electron chi connectivity index (χ0n) is 15.0. The highest BCUT2D eigenvalue weighted by atomic mass is 32.2. The Morgan fingerprint density at radius 3 is 2.28 bits per heavy atom. The zero-order valence-corrected chi connectivity index (χ0v) is 15.8. The first-order valence-electron chi connectivity index (χ1n) is 8.37. The second kappa shape index (κ2) is 8.73. The van der Waals surface area contributed by atoms with Gasteiger partial charge in [-0.2, -0.15) is 5.26 Å². The molecule has 0 spiro atoms. The number of para-hydroxylation sites is 1. The van der Waals surface area contributed by atoms with Gasteiger partial charge >= 0.3 is 0 Å². The van der Waals surface area contributed by atoms with Crippen LogP contribution in [0.2, 0.25) is 0 Å². The van der Waals surface area contributed by atoms with Crippen LogP contribution in [0.3, 0.4) is 0 Å². The van der Waals surface area contributed by atoms with Crippen LogP contribution in [0.5, 0.6) is 0 Å². The monoisotopic (exact) mass is 352 g/mol. The van der Waals surface area contributed by atoms with Crippen molar-refractivity contribution in [3.63, 3.8) is 0 Å². The number of benzene rings is 2. The maximum Gasteiger partial charge on any atom is 0.237 e. The van der Waals surface area contributed by atoms with Gasteiger partial charge in [0.2, 0.25) is 5.91 Å². The number of anilines is 1. The highest BCUT2D eigenvalue weighted by molar-refractivity contribution is 8.00. The average molecular weight is 353 g/mol. The van der Waals surface area contributed by atoms with Gasteiger partial charge in [0.15, 0.2) is 0 Å². The van der Waals surface area contributed by atoms with Gasteiger partial charge in [-0.1, -0.05) is 51.1 Å². The van der Waals surface area contributed by atoms with Crippen molar-refractivity contribution in [2.24, 2.45) is 0 Å². The van der Waals surface area contributed by atoms with Crippen molar-refractivity contribution in [2.45, 2.75) is 37.5 Å². The fourth-order valence-corrected chi connectivity index (χ4v) is 3.22. The molecule has 0 atom stereocenters. The molecule has 2 aromatic rings. The Bertz CT molecular complexity index is 727. The SMILES string of the molecule is CC(C)(C)c1ccc(SCC(=O)N(CCC#N)c2ccccc2)cc1. The normalized spacial score (nSPS) is 11.0. The van der Waals surface area contributed by atoms with Crippen molar-refractivity contribution in [2.75, 3.05) is 17.2 Å². The van der Waals surface area contributed by atoms with E-state index in [-0.39, 0.29) is 11.3 Å². The third-order valence-electron chi connectivity index (χ3n) is 3.90. The highest BCUT2D eigenvalue weighted by Crippen LogP contribution is 2.26. The number of rotatable bonds is 6. The Kier molecular flexibility index (Phi) is 6.66. The van der Waals surface area contributed by atoms with Gasteiger partial charge in [0.05, 0.1) is 18.2 Å². The number of nitriles is 1. The van der Waals surface area contributed by atoms with Crippen LogP contribution >= 0.6 is 11.8 Å². The van der Waals surface area contributed by atoms with Crippen molar-refractivity contribution in [3.05, 3.63) is 60.2 Å². The first-order valence-corrected chi connectivity index (χ1v) is 9.36. The minimum Gasteiger partial charge on any atom is -0.311 e. The lowest BCUT2D eigenvalue weighted by Crippen LogP contribution is -2.33. The van der Waals surface area contributed by atoms with E-state index >= 15 is 0 Å². The molecule has 0 aliphatic carbocycles. The van der Waals surface area contributed by atoms with Gasteiger partial charge in [-0.3, -0.25) is 4.79 Å². The predicted octanol–water partition coefficient (Wildman–Crippen LogP) is 5.02. The van der Waals surface area contributed by atoms with Gasteiger partial charge in [-0.05, 0) is 35.2 Å². The number of thioether (sulfide) groups is 1. The smallest absolute Gasteiger partial charge is 0.237 e. The molecule has 2 rings (SSSR count). The molecule has 0 saturated heterocycles. The Morgan fingerprint density at radius 1 is 1.08 bits per heavy atom. The molecule has 0 bridgehead atoms. The minimum absolute atomic E-state index is 0.0198. The number of carbonyl (C=O) groups is 1. The molecule has 3 nitrogen and oxygen atoms in total. The molecular formula is C21H24N2OS. The Morgan fingerprint density at radius 2 is 1.72 bits per heavy atom. The van der Waals surface area contributed by atoms with Crippen LogP contribution in [0.4, 0.5) is 5.69 Å². The summed E-state index contributed by atoms with van der Waals surface area (Å²) in [5.41, 5.74) is 2.25. The van der Waals surface area contributed by atoms with Crippen LogP contribution in [-0.2, 0) is 10.2 Å². The molecule has 1 amide bonds. The van der Waals surface area contributed by atoms with Gasteiger partial charge < -0.3 is 4.90 Å². The van der Waals surface area contributed by atoms with Crippen LogP contribution < -0.4 is 4.90 Å². The fraction of sp³-hybridized carbons (Fsp3) is 0.333. The summed E-state index contributed by atoms with van der Waals surface area (Å²) in [7, 11) is 0. The maximum atomic E-state index is 12.6. The molecule has 25 heavy (non-hydrogen) atoms. The molecule has 0 unspecified atom stereocenters. The van der Waals surface area contributed by atoms with Crippen molar-refractivity contribution < 1.29 is 4.79 Å². The minimum atomic E-state index is 0.0198. The van der Waals surface area contributed by atoms with E-state index in [1.54, 1.807) is 4.90 Å². The van der Waals surface area contributed by atoms with Gasteiger partial charge in [-0.25, -0.2) is 0 Å². The Labute approximate surface area is 154 Å². The molecule has 0 heterocycles. The molecule has 0 aliphatic heterocycles. The molecule has 0 radical (unpaired) electrons. The van der Waals surface area contributed by atoms with Crippen molar-refractivity contribution in [3.8, 4) is 6.07 Å². The Hall–Kier alpha value is -2.25. The summed E-state index contributed by atoms with van der Waals surface area (Å²) in [6.07, 6.45) is 0.325. The summed E-state index contributed by atoms with van der Waals surface area (Å²) in [6, 6.07) is 20.0. The fourth-order valence-electron chi connectivity index (χ4n) is 2.44. The lowest BCUT2D eigenvalue weighted by atomic mass is 9.87. The van der Waals surface area contributed by atoms with E-state index in [1.165, 1.54) is 17.3 Å². The summed E-state index contributed by atoms with van der Waals surface area (Å²) in [4.78, 5) is 15.4. The number of hydrogen-bond donors (Lipinski definition) is 0. The molecule has 0 saturated carbocycles. The van der Waals surface area contributed by atoms with E-state index in [0.29, 0.717) is 18.7 Å². The second-order valence-electron chi connectivity index (χ2n) is 6.85. The maximum absolute atomic E-state index is 12.6. The van der Waals surface area contributed by atoms with Gasteiger partial charge in [-0.15, -0.1) is 11.8 Å². The number of carbonyl (C=O) groups excluding carboxylic acids is 1. The third-order valence-corrected chi connectivity index (χ3v) is 4.90. The summed E-state index contributed by atoms with van der Waals surface area (Å²) >= 11 is 1.53. The molecule has 4 heteroatoms. The topological polar surface area (TPSA) is 44.1 Å². The lowest BCUT2D eigenvalue weighted by Gasteiger charge is -2.22. The summed E-state index contributed by atoms with van der Waals surface area (Å²) in [6.45, 7) is 6.98. The molecule has 0 N–H and O–H groups in total. The summed E-state index contributed by atoms with van der Waals surface area (Å²) in [5.74, 6) is 0.376. The third kappa shape index (κ3) is 5.65. The van der Waals surface area contributed by atoms with Gasteiger partial charge in [0, 0.05) is 17.1 Å². The lowest BCUT2D eigenvalue weighted by molar-refractivity contribution is -0.116. The first kappa shape index (κ1) is 19.1. The van der Waals surface area contributed by atoms with Crippen LogP contribution in [0.1, 0.15) is 32.8 Å². The van der Waals surface area contributed by atoms with Crippen LogP contribution in [0, 0.1) is 11.3 Å². The number of amides is 1. The molecule has 0 aliphatic rings. The summed E-state index contributed by atoms with van der Waals surface area (Å²) < 4.78 is 0. The average Bonchev–Trinajstić information content (AvgIpc) is 2.61. The number of nitrogens with zero attached hydrogens (tertiary/aromatic N) is 2. The molecule has 0 aromatic heterocycles. The molecule has 2 aromatic carbocycles. The quantitative estimate of drug-likeness (QED) is 0.685. The van der Waals surface area contributed by atoms with E-state index in [2.05, 4.69) is 51.1 Å². The Balaban J connectivity index is 2.02. The second-order valence-corrected chi connectivity index (χ2v) is 7.90. The van der Waals surface area contributed by atoms with E-state index in [4.69, 9.17) is 5.26 Å². The largest absolute Gasteiger partial charge is 0.311 e. The van der Waals surface area contributed by atoms with Crippen molar-refractivity contribution in [1.29, 1.82) is 5.26 Å². The van der Waals surface area contributed by atoms with E-state index in [1.807, 2.05) is 30.3 Å². The standard InChI is InChI=1S/C21H24N2OS/c1-21(2,3)17-10-12-19(13-11-17)25-16-20(24)23(15-7-14-22)18-8-5-4-6-9-18/h4-6,8-13H,7,15-16H2,1-3H3. The molecule has 0 fully saturated rings.